The summed E-state index contributed by atoms with van der Waals surface area (Å²) in [5.74, 6) is -0.268. The van der Waals surface area contributed by atoms with Crippen LogP contribution in [0.15, 0.2) is 41.9 Å². The molecule has 3 aromatic rings. The van der Waals surface area contributed by atoms with Gasteiger partial charge in [-0.1, -0.05) is 23.9 Å². The summed E-state index contributed by atoms with van der Waals surface area (Å²) in [4.78, 5) is 15.4. The van der Waals surface area contributed by atoms with Gasteiger partial charge in [-0.25, -0.2) is 19.3 Å². The van der Waals surface area contributed by atoms with E-state index in [1.807, 2.05) is 6.07 Å². The first-order valence-electron chi connectivity index (χ1n) is 6.04. The summed E-state index contributed by atoms with van der Waals surface area (Å²) in [6.45, 7) is 0.383. The SMILES string of the molecule is NCC(Sc1ncnc2nc[nH]c12)c1cccc(F)c1. The van der Waals surface area contributed by atoms with Gasteiger partial charge in [-0.05, 0) is 17.7 Å². The van der Waals surface area contributed by atoms with E-state index < -0.39 is 0 Å². The van der Waals surface area contributed by atoms with Crippen molar-refractivity contribution < 1.29 is 4.39 Å². The van der Waals surface area contributed by atoms with Gasteiger partial charge in [0.05, 0.1) is 6.33 Å². The van der Waals surface area contributed by atoms with Gasteiger partial charge in [0, 0.05) is 11.8 Å². The van der Waals surface area contributed by atoms with Gasteiger partial charge in [0.1, 0.15) is 22.7 Å². The average Bonchev–Trinajstić information content (AvgIpc) is 2.94. The molecule has 0 aliphatic rings. The first kappa shape index (κ1) is 13.0. The van der Waals surface area contributed by atoms with E-state index in [0.29, 0.717) is 12.2 Å². The monoisotopic (exact) mass is 289 g/mol. The lowest BCUT2D eigenvalue weighted by Crippen LogP contribution is -2.10. The number of thioether (sulfide) groups is 1. The number of fused-ring (bicyclic) bond motifs is 1. The number of rotatable bonds is 4. The van der Waals surface area contributed by atoms with Gasteiger partial charge in [-0.3, -0.25) is 0 Å². The molecule has 2 heterocycles. The first-order chi connectivity index (χ1) is 9.78. The normalized spacial score (nSPS) is 12.7. The molecular weight excluding hydrogens is 277 g/mol. The molecule has 102 valence electrons. The van der Waals surface area contributed by atoms with Crippen molar-refractivity contribution in [3.63, 3.8) is 0 Å². The number of hydrogen-bond acceptors (Lipinski definition) is 5. The Morgan fingerprint density at radius 3 is 3.00 bits per heavy atom. The maximum atomic E-state index is 13.3. The van der Waals surface area contributed by atoms with Crippen LogP contribution in [0, 0.1) is 5.82 Å². The minimum atomic E-state index is -0.268. The van der Waals surface area contributed by atoms with E-state index in [2.05, 4.69) is 19.9 Å². The number of aromatic amines is 1. The van der Waals surface area contributed by atoms with Crippen LogP contribution >= 0.6 is 11.8 Å². The summed E-state index contributed by atoms with van der Waals surface area (Å²) in [7, 11) is 0. The minimum absolute atomic E-state index is 0.0768. The third kappa shape index (κ3) is 2.50. The lowest BCUT2D eigenvalue weighted by atomic mass is 10.1. The summed E-state index contributed by atoms with van der Waals surface area (Å²) in [6, 6.07) is 6.45. The van der Waals surface area contributed by atoms with Crippen LogP contribution in [0.25, 0.3) is 11.2 Å². The molecule has 0 aliphatic carbocycles. The number of benzene rings is 1. The molecule has 1 unspecified atom stereocenters. The number of nitrogens with two attached hydrogens (primary N) is 1. The molecule has 7 heteroatoms. The standard InChI is InChI=1S/C13H12FN5S/c14-9-3-1-2-8(4-9)10(5-15)20-13-11-12(17-6-16-11)18-7-19-13/h1-4,6-7,10H,5,15H2,(H,16,17,18,19). The van der Waals surface area contributed by atoms with Crippen molar-refractivity contribution in [3.8, 4) is 0 Å². The van der Waals surface area contributed by atoms with Crippen molar-refractivity contribution in [1.82, 2.24) is 19.9 Å². The molecule has 0 spiro atoms. The van der Waals surface area contributed by atoms with Crippen molar-refractivity contribution in [2.24, 2.45) is 5.73 Å². The molecule has 0 bridgehead atoms. The van der Waals surface area contributed by atoms with E-state index >= 15 is 0 Å². The van der Waals surface area contributed by atoms with Crippen molar-refractivity contribution in [3.05, 3.63) is 48.3 Å². The summed E-state index contributed by atoms with van der Waals surface area (Å²) in [6.07, 6.45) is 3.04. The zero-order chi connectivity index (χ0) is 13.9. The molecule has 20 heavy (non-hydrogen) atoms. The van der Waals surface area contributed by atoms with Gasteiger partial charge in [-0.2, -0.15) is 0 Å². The Bertz CT molecular complexity index is 729. The van der Waals surface area contributed by atoms with Crippen LogP contribution in [0.5, 0.6) is 0 Å². The highest BCUT2D eigenvalue weighted by Gasteiger charge is 2.16. The van der Waals surface area contributed by atoms with E-state index in [9.17, 15) is 4.39 Å². The summed E-state index contributed by atoms with van der Waals surface area (Å²) in [5, 5.41) is 0.680. The van der Waals surface area contributed by atoms with E-state index in [0.717, 1.165) is 16.1 Å². The van der Waals surface area contributed by atoms with E-state index in [4.69, 9.17) is 5.73 Å². The smallest absolute Gasteiger partial charge is 0.181 e. The van der Waals surface area contributed by atoms with Crippen LogP contribution in [0.4, 0.5) is 4.39 Å². The van der Waals surface area contributed by atoms with Crippen LogP contribution in [-0.4, -0.2) is 26.5 Å². The van der Waals surface area contributed by atoms with Gasteiger partial charge in [-0.15, -0.1) is 0 Å². The summed E-state index contributed by atoms with van der Waals surface area (Å²) >= 11 is 1.47. The summed E-state index contributed by atoms with van der Waals surface area (Å²) < 4.78 is 13.3. The van der Waals surface area contributed by atoms with E-state index in [-0.39, 0.29) is 11.1 Å². The number of aromatic nitrogens is 4. The molecule has 0 saturated carbocycles. The van der Waals surface area contributed by atoms with Gasteiger partial charge in [0.15, 0.2) is 5.65 Å². The Morgan fingerprint density at radius 2 is 2.20 bits per heavy atom. The van der Waals surface area contributed by atoms with Gasteiger partial charge in [0.25, 0.3) is 0 Å². The number of H-pyrrole nitrogens is 1. The molecule has 0 saturated heterocycles. The molecule has 2 aromatic heterocycles. The van der Waals surface area contributed by atoms with Crippen molar-refractivity contribution in [2.75, 3.05) is 6.54 Å². The van der Waals surface area contributed by atoms with Crippen LogP contribution < -0.4 is 5.73 Å². The Balaban J connectivity index is 1.93. The molecule has 0 fully saturated rings. The highest BCUT2D eigenvalue weighted by molar-refractivity contribution is 7.99. The van der Waals surface area contributed by atoms with Crippen LogP contribution in [0.1, 0.15) is 10.8 Å². The lowest BCUT2D eigenvalue weighted by molar-refractivity contribution is 0.625. The average molecular weight is 289 g/mol. The Labute approximate surface area is 118 Å². The van der Waals surface area contributed by atoms with Crippen molar-refractivity contribution in [2.45, 2.75) is 10.3 Å². The number of hydrogen-bond donors (Lipinski definition) is 2. The quantitative estimate of drug-likeness (QED) is 0.569. The highest BCUT2D eigenvalue weighted by Crippen LogP contribution is 2.35. The first-order valence-corrected chi connectivity index (χ1v) is 6.92. The Morgan fingerprint density at radius 1 is 1.30 bits per heavy atom. The van der Waals surface area contributed by atoms with Crippen LogP contribution in [0.2, 0.25) is 0 Å². The van der Waals surface area contributed by atoms with Gasteiger partial charge >= 0.3 is 0 Å². The topological polar surface area (TPSA) is 80.5 Å². The molecule has 0 aliphatic heterocycles. The van der Waals surface area contributed by atoms with Gasteiger partial charge in [0.2, 0.25) is 0 Å². The maximum Gasteiger partial charge on any atom is 0.181 e. The molecular formula is C13H12FN5S. The molecule has 3 rings (SSSR count). The molecule has 3 N–H and O–H groups in total. The van der Waals surface area contributed by atoms with Crippen LogP contribution in [-0.2, 0) is 0 Å². The van der Waals surface area contributed by atoms with Crippen molar-refractivity contribution >= 4 is 22.9 Å². The number of nitrogens with one attached hydrogen (secondary N) is 1. The zero-order valence-electron chi connectivity index (χ0n) is 10.5. The third-order valence-corrected chi connectivity index (χ3v) is 4.16. The highest BCUT2D eigenvalue weighted by atomic mass is 32.2. The van der Waals surface area contributed by atoms with E-state index in [1.165, 1.54) is 30.2 Å². The van der Waals surface area contributed by atoms with Crippen molar-refractivity contribution in [1.29, 1.82) is 0 Å². The number of halogens is 1. The zero-order valence-corrected chi connectivity index (χ0v) is 11.3. The Kier molecular flexibility index (Phi) is 3.62. The second kappa shape index (κ2) is 5.56. The second-order valence-corrected chi connectivity index (χ2v) is 5.37. The fourth-order valence-corrected chi connectivity index (χ4v) is 2.95. The van der Waals surface area contributed by atoms with Gasteiger partial charge < -0.3 is 10.7 Å². The van der Waals surface area contributed by atoms with E-state index in [1.54, 1.807) is 12.4 Å². The molecule has 1 atom stereocenters. The second-order valence-electron chi connectivity index (χ2n) is 4.18. The predicted octanol–water partition coefficient (Wildman–Crippen LogP) is 2.28. The maximum absolute atomic E-state index is 13.3. The molecule has 5 nitrogen and oxygen atoms in total. The fourth-order valence-electron chi connectivity index (χ4n) is 1.93. The number of imidazole rings is 1. The minimum Gasteiger partial charge on any atom is -0.341 e. The molecule has 1 aromatic carbocycles. The predicted molar refractivity (Wildman–Crippen MR) is 75.7 cm³/mol. The third-order valence-electron chi connectivity index (χ3n) is 2.88. The number of nitrogens with zero attached hydrogens (tertiary/aromatic N) is 3. The fraction of sp³-hybridized carbons (Fsp3) is 0.154. The molecule has 0 amide bonds. The summed E-state index contributed by atoms with van der Waals surface area (Å²) in [5.41, 5.74) is 8.03. The largest absolute Gasteiger partial charge is 0.341 e. The Hall–Kier alpha value is -1.99. The molecule has 0 radical (unpaired) electrons. The van der Waals surface area contributed by atoms with Crippen LogP contribution in [0.3, 0.4) is 0 Å². The lowest BCUT2D eigenvalue weighted by Gasteiger charge is -2.14.